The zero-order valence-electron chi connectivity index (χ0n) is 11.6. The minimum absolute atomic E-state index is 0.148. The molecule has 0 saturated carbocycles. The van der Waals surface area contributed by atoms with Crippen molar-refractivity contribution in [2.75, 3.05) is 30.0 Å². The molecule has 6 nitrogen and oxygen atoms in total. The third kappa shape index (κ3) is 5.10. The highest BCUT2D eigenvalue weighted by molar-refractivity contribution is 7.93. The molecule has 0 amide bonds. The van der Waals surface area contributed by atoms with Gasteiger partial charge in [-0.1, -0.05) is 25.1 Å². The van der Waals surface area contributed by atoms with E-state index in [1.54, 1.807) is 31.2 Å². The Labute approximate surface area is 120 Å². The van der Waals surface area contributed by atoms with Crippen molar-refractivity contribution in [2.24, 2.45) is 0 Å². The van der Waals surface area contributed by atoms with Crippen LogP contribution in [0.5, 0.6) is 0 Å². The monoisotopic (exact) mass is 320 g/mol. The van der Waals surface area contributed by atoms with Gasteiger partial charge >= 0.3 is 0 Å². The minimum atomic E-state index is -3.62. The highest BCUT2D eigenvalue weighted by Gasteiger charge is 2.23. The molecule has 20 heavy (non-hydrogen) atoms. The van der Waals surface area contributed by atoms with Crippen molar-refractivity contribution in [3.8, 4) is 0 Å². The average Bonchev–Trinajstić information content (AvgIpc) is 2.34. The zero-order chi connectivity index (χ0) is 15.4. The van der Waals surface area contributed by atoms with Gasteiger partial charge in [0.25, 0.3) is 0 Å². The summed E-state index contributed by atoms with van der Waals surface area (Å²) in [6.07, 6.45) is 1.02. The van der Waals surface area contributed by atoms with Crippen LogP contribution in [0.1, 0.15) is 12.5 Å². The highest BCUT2D eigenvalue weighted by atomic mass is 32.2. The van der Waals surface area contributed by atoms with Crippen molar-refractivity contribution >= 4 is 25.5 Å². The predicted molar refractivity (Wildman–Crippen MR) is 80.4 cm³/mol. The molecule has 0 aliphatic carbocycles. The lowest BCUT2D eigenvalue weighted by Crippen LogP contribution is -2.34. The lowest BCUT2D eigenvalue weighted by atomic mass is 10.2. The molecule has 0 heterocycles. The fourth-order valence-electron chi connectivity index (χ4n) is 1.66. The van der Waals surface area contributed by atoms with E-state index < -0.39 is 25.6 Å². The number of hydrogen-bond donors (Lipinski definition) is 1. The van der Waals surface area contributed by atoms with E-state index in [0.717, 1.165) is 6.26 Å². The third-order valence-corrected chi connectivity index (χ3v) is 5.96. The SMILES string of the molecule is CCN(Cc1ccccc1N)S(=O)(=O)CCS(C)(=O)=O. The van der Waals surface area contributed by atoms with E-state index >= 15 is 0 Å². The Morgan fingerprint density at radius 3 is 2.20 bits per heavy atom. The molecule has 1 aromatic carbocycles. The van der Waals surface area contributed by atoms with Gasteiger partial charge in [0.05, 0.1) is 11.5 Å². The largest absolute Gasteiger partial charge is 0.398 e. The van der Waals surface area contributed by atoms with Gasteiger partial charge in [-0.2, -0.15) is 4.31 Å². The number of rotatable bonds is 7. The molecule has 0 fully saturated rings. The van der Waals surface area contributed by atoms with Gasteiger partial charge in [0.2, 0.25) is 10.0 Å². The first-order chi connectivity index (χ1) is 9.15. The number of para-hydroxylation sites is 1. The minimum Gasteiger partial charge on any atom is -0.398 e. The van der Waals surface area contributed by atoms with Crippen molar-refractivity contribution in [3.63, 3.8) is 0 Å². The molecule has 0 saturated heterocycles. The van der Waals surface area contributed by atoms with Gasteiger partial charge in [0.1, 0.15) is 9.84 Å². The van der Waals surface area contributed by atoms with E-state index in [0.29, 0.717) is 11.3 Å². The van der Waals surface area contributed by atoms with Crippen LogP contribution in [0.25, 0.3) is 0 Å². The first kappa shape index (κ1) is 16.9. The first-order valence-electron chi connectivity index (χ1n) is 6.14. The molecule has 2 N–H and O–H groups in total. The molecule has 0 unspecified atom stereocenters. The predicted octanol–water partition coefficient (Wildman–Crippen LogP) is 0.465. The second-order valence-electron chi connectivity index (χ2n) is 4.57. The molecular weight excluding hydrogens is 300 g/mol. The zero-order valence-corrected chi connectivity index (χ0v) is 13.2. The van der Waals surface area contributed by atoms with Crippen molar-refractivity contribution in [2.45, 2.75) is 13.5 Å². The Hall–Kier alpha value is -1.12. The first-order valence-corrected chi connectivity index (χ1v) is 9.81. The van der Waals surface area contributed by atoms with Crippen LogP contribution in [0.2, 0.25) is 0 Å². The summed E-state index contributed by atoms with van der Waals surface area (Å²) in [5.74, 6) is -0.789. The Balaban J connectivity index is 2.88. The second-order valence-corrected chi connectivity index (χ2v) is 8.92. The summed E-state index contributed by atoms with van der Waals surface area (Å²) in [5, 5.41) is 0. The van der Waals surface area contributed by atoms with Crippen molar-refractivity contribution in [1.29, 1.82) is 0 Å². The van der Waals surface area contributed by atoms with Crippen LogP contribution in [-0.4, -0.2) is 45.4 Å². The fourth-order valence-corrected chi connectivity index (χ4v) is 4.70. The van der Waals surface area contributed by atoms with Gasteiger partial charge < -0.3 is 5.73 Å². The molecule has 0 spiro atoms. The van der Waals surface area contributed by atoms with Gasteiger partial charge in [0.15, 0.2) is 0 Å². The molecule has 0 aromatic heterocycles. The van der Waals surface area contributed by atoms with Crippen LogP contribution in [0.15, 0.2) is 24.3 Å². The molecule has 1 aromatic rings. The van der Waals surface area contributed by atoms with E-state index in [-0.39, 0.29) is 18.8 Å². The molecule has 0 aliphatic heterocycles. The Morgan fingerprint density at radius 1 is 1.10 bits per heavy atom. The Kier molecular flexibility index (Phi) is 5.55. The van der Waals surface area contributed by atoms with E-state index in [9.17, 15) is 16.8 Å². The third-order valence-electron chi connectivity index (χ3n) is 2.86. The van der Waals surface area contributed by atoms with Gasteiger partial charge in [-0.15, -0.1) is 0 Å². The molecule has 8 heteroatoms. The second kappa shape index (κ2) is 6.55. The quantitative estimate of drug-likeness (QED) is 0.736. The molecule has 0 atom stereocenters. The molecule has 0 aliphatic rings. The lowest BCUT2D eigenvalue weighted by molar-refractivity contribution is 0.425. The van der Waals surface area contributed by atoms with Gasteiger partial charge in [0, 0.05) is 25.0 Å². The van der Waals surface area contributed by atoms with Crippen LogP contribution in [0.3, 0.4) is 0 Å². The van der Waals surface area contributed by atoms with Crippen LogP contribution >= 0.6 is 0 Å². The van der Waals surface area contributed by atoms with E-state index in [4.69, 9.17) is 5.73 Å². The van der Waals surface area contributed by atoms with E-state index in [1.165, 1.54) is 4.31 Å². The van der Waals surface area contributed by atoms with Crippen molar-refractivity contribution in [1.82, 2.24) is 4.31 Å². The summed E-state index contributed by atoms with van der Waals surface area (Å²) < 4.78 is 47.7. The smallest absolute Gasteiger partial charge is 0.215 e. The molecule has 114 valence electrons. The number of nitrogens with zero attached hydrogens (tertiary/aromatic N) is 1. The van der Waals surface area contributed by atoms with Crippen LogP contribution in [0.4, 0.5) is 5.69 Å². The van der Waals surface area contributed by atoms with Crippen LogP contribution in [-0.2, 0) is 26.4 Å². The molecule has 0 bridgehead atoms. The summed E-state index contributed by atoms with van der Waals surface area (Å²) in [6, 6.07) is 7.01. The average molecular weight is 320 g/mol. The standard InChI is InChI=1S/C12H20N2O4S2/c1-3-14(10-11-6-4-5-7-12(11)13)20(17,18)9-8-19(2,15)16/h4-7H,3,8-10,13H2,1-2H3. The van der Waals surface area contributed by atoms with E-state index in [2.05, 4.69) is 0 Å². The van der Waals surface area contributed by atoms with Gasteiger partial charge in [-0.05, 0) is 11.6 Å². The van der Waals surface area contributed by atoms with Crippen LogP contribution in [0, 0.1) is 0 Å². The Morgan fingerprint density at radius 2 is 1.70 bits per heavy atom. The highest BCUT2D eigenvalue weighted by Crippen LogP contribution is 2.16. The van der Waals surface area contributed by atoms with Crippen molar-refractivity contribution in [3.05, 3.63) is 29.8 Å². The summed E-state index contributed by atoms with van der Waals surface area (Å²) >= 11 is 0. The number of sulfonamides is 1. The summed E-state index contributed by atoms with van der Waals surface area (Å²) in [6.45, 7) is 2.12. The number of nitrogen functional groups attached to an aromatic ring is 1. The number of anilines is 1. The summed E-state index contributed by atoms with van der Waals surface area (Å²) in [5.41, 5.74) is 7.02. The maximum atomic E-state index is 12.1. The summed E-state index contributed by atoms with van der Waals surface area (Å²) in [4.78, 5) is 0. The van der Waals surface area contributed by atoms with Crippen molar-refractivity contribution < 1.29 is 16.8 Å². The van der Waals surface area contributed by atoms with Crippen LogP contribution < -0.4 is 5.73 Å². The van der Waals surface area contributed by atoms with E-state index in [1.807, 2.05) is 0 Å². The lowest BCUT2D eigenvalue weighted by Gasteiger charge is -2.21. The number of nitrogens with two attached hydrogens (primary N) is 1. The maximum Gasteiger partial charge on any atom is 0.215 e. The van der Waals surface area contributed by atoms with Gasteiger partial charge in [-0.25, -0.2) is 16.8 Å². The number of sulfone groups is 1. The van der Waals surface area contributed by atoms with Gasteiger partial charge in [-0.3, -0.25) is 0 Å². The molecular formula is C12H20N2O4S2. The normalized spacial score (nSPS) is 12.8. The number of benzene rings is 1. The number of hydrogen-bond acceptors (Lipinski definition) is 5. The molecule has 0 radical (unpaired) electrons. The maximum absolute atomic E-state index is 12.1. The summed E-state index contributed by atoms with van der Waals surface area (Å²) in [7, 11) is -6.93. The molecule has 1 rings (SSSR count). The topological polar surface area (TPSA) is 97.5 Å². The fraction of sp³-hybridized carbons (Fsp3) is 0.500. The Bertz CT molecular complexity index is 654.